The van der Waals surface area contributed by atoms with E-state index in [4.69, 9.17) is 0 Å². The van der Waals surface area contributed by atoms with Crippen LogP contribution in [0.2, 0.25) is 0 Å². The first-order chi connectivity index (χ1) is 5.92. The van der Waals surface area contributed by atoms with E-state index in [0.29, 0.717) is 5.92 Å². The highest BCUT2D eigenvalue weighted by Gasteiger charge is 2.22. The van der Waals surface area contributed by atoms with E-state index in [1.165, 1.54) is 37.2 Å². The molecule has 0 spiro atoms. The summed E-state index contributed by atoms with van der Waals surface area (Å²) < 4.78 is 3.80. The molecule has 0 N–H and O–H groups in total. The molecule has 0 aromatic carbocycles. The highest BCUT2D eigenvalue weighted by Crippen LogP contribution is 2.34. The monoisotopic (exact) mass is 182 g/mol. The number of carbonyl (C=O) groups excluding carboxylic acids is 1. The van der Waals surface area contributed by atoms with Crippen LogP contribution in [-0.2, 0) is 0 Å². The summed E-state index contributed by atoms with van der Waals surface area (Å²) in [4.78, 5) is 11.3. The molecule has 0 bridgehead atoms. The highest BCUT2D eigenvalue weighted by molar-refractivity contribution is 7.07. The fourth-order valence-electron chi connectivity index (χ4n) is 1.77. The fraction of sp³-hybridized carbons (Fsp3) is 0.625. The van der Waals surface area contributed by atoms with Crippen LogP contribution in [0, 0.1) is 0 Å². The third kappa shape index (κ3) is 1.27. The van der Waals surface area contributed by atoms with Gasteiger partial charge in [-0.25, -0.2) is 0 Å². The van der Waals surface area contributed by atoms with Gasteiger partial charge in [-0.3, -0.25) is 4.79 Å². The average molecular weight is 182 g/mol. The molecular formula is C8H10N2OS. The molecule has 1 saturated carbocycles. The van der Waals surface area contributed by atoms with E-state index >= 15 is 0 Å². The summed E-state index contributed by atoms with van der Waals surface area (Å²) in [6.07, 6.45) is 5.75. The lowest BCUT2D eigenvalue weighted by Crippen LogP contribution is -1.96. The van der Waals surface area contributed by atoms with Crippen LogP contribution in [-0.4, -0.2) is 15.9 Å². The molecular weight excluding hydrogens is 172 g/mol. The highest BCUT2D eigenvalue weighted by atomic mass is 32.1. The fourth-order valence-corrected chi connectivity index (χ4v) is 2.33. The standard InChI is InChI=1S/C8H10N2OS/c11-5-7-8(9-10-12-7)6-3-1-2-4-6/h5-6H,1-4H2. The maximum absolute atomic E-state index is 10.6. The molecule has 1 aliphatic carbocycles. The van der Waals surface area contributed by atoms with Gasteiger partial charge in [-0.15, -0.1) is 5.10 Å². The molecule has 64 valence electrons. The van der Waals surface area contributed by atoms with E-state index in [9.17, 15) is 4.79 Å². The molecule has 0 radical (unpaired) electrons. The molecule has 12 heavy (non-hydrogen) atoms. The predicted octanol–water partition coefficient (Wildman–Crippen LogP) is 2.01. The van der Waals surface area contributed by atoms with Crippen molar-refractivity contribution in [3.05, 3.63) is 10.6 Å². The van der Waals surface area contributed by atoms with Crippen LogP contribution < -0.4 is 0 Å². The van der Waals surface area contributed by atoms with Gasteiger partial charge >= 0.3 is 0 Å². The van der Waals surface area contributed by atoms with Gasteiger partial charge < -0.3 is 0 Å². The first-order valence-electron chi connectivity index (χ1n) is 4.19. The second-order valence-corrected chi connectivity index (χ2v) is 3.91. The first-order valence-corrected chi connectivity index (χ1v) is 4.96. The van der Waals surface area contributed by atoms with Crippen LogP contribution in [0.5, 0.6) is 0 Å². The number of hydrogen-bond acceptors (Lipinski definition) is 4. The molecule has 0 unspecified atom stereocenters. The molecule has 4 heteroatoms. The van der Waals surface area contributed by atoms with E-state index in [0.717, 1.165) is 16.9 Å². The smallest absolute Gasteiger partial charge is 0.163 e. The zero-order valence-electron chi connectivity index (χ0n) is 6.69. The molecule has 1 aromatic heterocycles. The first kappa shape index (κ1) is 7.86. The van der Waals surface area contributed by atoms with E-state index in [2.05, 4.69) is 9.59 Å². The Hall–Kier alpha value is -0.770. The van der Waals surface area contributed by atoms with Crippen LogP contribution in [0.3, 0.4) is 0 Å². The Morgan fingerprint density at radius 2 is 2.17 bits per heavy atom. The second kappa shape index (κ2) is 3.31. The minimum Gasteiger partial charge on any atom is -0.297 e. The third-order valence-electron chi connectivity index (χ3n) is 2.39. The Labute approximate surface area is 75.0 Å². The SMILES string of the molecule is O=Cc1snnc1C1CCCC1. The van der Waals surface area contributed by atoms with E-state index in [1.807, 2.05) is 0 Å². The zero-order valence-corrected chi connectivity index (χ0v) is 7.51. The van der Waals surface area contributed by atoms with Crippen LogP contribution in [0.25, 0.3) is 0 Å². The van der Waals surface area contributed by atoms with Crippen molar-refractivity contribution in [2.45, 2.75) is 31.6 Å². The summed E-state index contributed by atoms with van der Waals surface area (Å²) in [6, 6.07) is 0. The Bertz CT molecular complexity index is 278. The van der Waals surface area contributed by atoms with Crippen molar-refractivity contribution in [2.24, 2.45) is 0 Å². The molecule has 1 aromatic rings. The van der Waals surface area contributed by atoms with Crippen molar-refractivity contribution in [3.63, 3.8) is 0 Å². The second-order valence-electron chi connectivity index (χ2n) is 3.12. The van der Waals surface area contributed by atoms with Gasteiger partial charge in [0.05, 0.1) is 5.69 Å². The number of hydrogen-bond donors (Lipinski definition) is 0. The van der Waals surface area contributed by atoms with Gasteiger partial charge in [0.15, 0.2) is 6.29 Å². The lowest BCUT2D eigenvalue weighted by Gasteiger charge is -2.03. The van der Waals surface area contributed by atoms with Crippen LogP contribution >= 0.6 is 11.5 Å². The Balaban J connectivity index is 2.25. The molecule has 0 atom stereocenters. The van der Waals surface area contributed by atoms with Gasteiger partial charge in [-0.1, -0.05) is 17.3 Å². The Morgan fingerprint density at radius 3 is 2.83 bits per heavy atom. The lowest BCUT2D eigenvalue weighted by molar-refractivity contribution is 0.112. The van der Waals surface area contributed by atoms with Gasteiger partial charge in [0.2, 0.25) is 0 Å². The van der Waals surface area contributed by atoms with Gasteiger partial charge in [0.1, 0.15) is 4.88 Å². The summed E-state index contributed by atoms with van der Waals surface area (Å²) in [7, 11) is 0. The van der Waals surface area contributed by atoms with E-state index in [-0.39, 0.29) is 0 Å². The van der Waals surface area contributed by atoms with E-state index in [1.54, 1.807) is 0 Å². The molecule has 3 nitrogen and oxygen atoms in total. The van der Waals surface area contributed by atoms with Crippen molar-refractivity contribution in [1.29, 1.82) is 0 Å². The normalized spacial score (nSPS) is 18.3. The van der Waals surface area contributed by atoms with Gasteiger partial charge in [0.25, 0.3) is 0 Å². The molecule has 2 rings (SSSR count). The Kier molecular flexibility index (Phi) is 2.17. The minimum atomic E-state index is 0.504. The van der Waals surface area contributed by atoms with Gasteiger partial charge in [-0.05, 0) is 24.4 Å². The van der Waals surface area contributed by atoms with Gasteiger partial charge in [0, 0.05) is 5.92 Å². The van der Waals surface area contributed by atoms with Crippen LogP contribution in [0.15, 0.2) is 0 Å². The number of aromatic nitrogens is 2. The molecule has 1 fully saturated rings. The lowest BCUT2D eigenvalue weighted by atomic mass is 10.0. The predicted molar refractivity (Wildman–Crippen MR) is 46.5 cm³/mol. The summed E-state index contributed by atoms with van der Waals surface area (Å²) in [6.45, 7) is 0. The van der Waals surface area contributed by atoms with Crippen molar-refractivity contribution in [3.8, 4) is 0 Å². The largest absolute Gasteiger partial charge is 0.297 e. The number of aldehydes is 1. The topological polar surface area (TPSA) is 42.9 Å². The van der Waals surface area contributed by atoms with Gasteiger partial charge in [-0.2, -0.15) is 0 Å². The zero-order chi connectivity index (χ0) is 8.39. The number of carbonyl (C=O) groups is 1. The molecule has 0 aliphatic heterocycles. The molecule has 0 amide bonds. The summed E-state index contributed by atoms with van der Waals surface area (Å²) in [5, 5.41) is 4.01. The molecule has 0 saturated heterocycles. The van der Waals surface area contributed by atoms with Crippen LogP contribution in [0.4, 0.5) is 0 Å². The quantitative estimate of drug-likeness (QED) is 0.657. The van der Waals surface area contributed by atoms with Crippen LogP contribution in [0.1, 0.15) is 47.0 Å². The van der Waals surface area contributed by atoms with Crippen molar-refractivity contribution < 1.29 is 4.79 Å². The molecule has 1 aliphatic rings. The maximum Gasteiger partial charge on any atom is 0.163 e. The number of rotatable bonds is 2. The summed E-state index contributed by atoms with van der Waals surface area (Å²) >= 11 is 1.21. The summed E-state index contributed by atoms with van der Waals surface area (Å²) in [5.41, 5.74) is 0.938. The van der Waals surface area contributed by atoms with Crippen molar-refractivity contribution in [2.75, 3.05) is 0 Å². The summed E-state index contributed by atoms with van der Waals surface area (Å²) in [5.74, 6) is 0.504. The maximum atomic E-state index is 10.6. The molecule has 1 heterocycles. The Morgan fingerprint density at radius 1 is 1.42 bits per heavy atom. The average Bonchev–Trinajstić information content (AvgIpc) is 2.74. The third-order valence-corrected chi connectivity index (χ3v) is 3.05. The van der Waals surface area contributed by atoms with E-state index < -0.39 is 0 Å². The van der Waals surface area contributed by atoms with Crippen molar-refractivity contribution in [1.82, 2.24) is 9.59 Å². The minimum absolute atomic E-state index is 0.504. The van der Waals surface area contributed by atoms with Crippen molar-refractivity contribution >= 4 is 17.8 Å². The number of nitrogens with zero attached hydrogens (tertiary/aromatic N) is 2.